The monoisotopic (exact) mass is 532 g/mol. The molecule has 0 unspecified atom stereocenters. The number of Topliss-reactive ketones (excluding diaryl/α,β-unsaturated/α-hetero) is 2. The Morgan fingerprint density at radius 3 is 2.33 bits per heavy atom. The van der Waals surface area contributed by atoms with Crippen LogP contribution in [0.4, 0.5) is 11.4 Å². The molecule has 204 valence electrons. The lowest BCUT2D eigenvalue weighted by atomic mass is 9.63. The van der Waals surface area contributed by atoms with Gasteiger partial charge < -0.3 is 10.2 Å². The van der Waals surface area contributed by atoms with Crippen molar-refractivity contribution in [3.63, 3.8) is 0 Å². The highest BCUT2D eigenvalue weighted by Gasteiger charge is 2.71. The van der Waals surface area contributed by atoms with Gasteiger partial charge in [0.25, 0.3) is 0 Å². The minimum Gasteiger partial charge on any atom is -0.352 e. The number of hydrogen-bond donors (Lipinski definition) is 1. The van der Waals surface area contributed by atoms with Gasteiger partial charge in [0.1, 0.15) is 11.5 Å². The summed E-state index contributed by atoms with van der Waals surface area (Å²) in [6.45, 7) is 9.87. The van der Waals surface area contributed by atoms with Crippen molar-refractivity contribution >= 4 is 34.4 Å². The molecular weight excluding hydrogens is 496 g/mol. The second kappa shape index (κ2) is 9.29. The van der Waals surface area contributed by atoms with Crippen LogP contribution < -0.4 is 10.2 Å². The molecule has 3 heterocycles. The topological polar surface area (TPSA) is 66.5 Å². The molecule has 6 rings (SSSR count). The Kier molecular flexibility index (Phi) is 6.10. The first-order valence-electron chi connectivity index (χ1n) is 14.2. The standard InChI is InChI=1S/C35H36N2O3/c1-6-11-22-16-18-23(19-17-22)31(38)29-30(32(39)34(3,4)5)37-27-15-10-7-12-24(27)21(2)20-28(37)35(29)25-13-8-9-14-26(25)36-33(35)40/h7-10,12-20,28-30H,6,11H2,1-5H3,(H,36,40)/t28-,29+,30+,35+/m1/s1. The molecule has 1 spiro atoms. The summed E-state index contributed by atoms with van der Waals surface area (Å²) in [5.41, 5.74) is 4.12. The fraction of sp³-hybridized carbons (Fsp3) is 0.343. The lowest BCUT2D eigenvalue weighted by Crippen LogP contribution is -2.51. The van der Waals surface area contributed by atoms with Crippen molar-refractivity contribution in [3.05, 3.63) is 101 Å². The Balaban J connectivity index is 1.66. The number of benzene rings is 3. The zero-order valence-corrected chi connectivity index (χ0v) is 23.8. The lowest BCUT2D eigenvalue weighted by Gasteiger charge is -2.39. The van der Waals surface area contributed by atoms with Gasteiger partial charge in [0.2, 0.25) is 5.91 Å². The number of nitrogens with one attached hydrogen (secondary N) is 1. The maximum atomic E-state index is 14.8. The molecular formula is C35H36N2O3. The van der Waals surface area contributed by atoms with Gasteiger partial charge in [-0.05, 0) is 42.2 Å². The molecule has 0 aliphatic carbocycles. The van der Waals surface area contributed by atoms with Crippen LogP contribution in [0, 0.1) is 11.3 Å². The van der Waals surface area contributed by atoms with Gasteiger partial charge in [-0.15, -0.1) is 0 Å². The molecule has 0 bridgehead atoms. The van der Waals surface area contributed by atoms with Gasteiger partial charge in [-0.2, -0.15) is 0 Å². The molecule has 3 aliphatic rings. The maximum absolute atomic E-state index is 14.8. The molecule has 4 atom stereocenters. The van der Waals surface area contributed by atoms with E-state index in [2.05, 4.69) is 23.2 Å². The molecule has 1 saturated heterocycles. The van der Waals surface area contributed by atoms with E-state index in [0.29, 0.717) is 11.3 Å². The first kappa shape index (κ1) is 26.2. The van der Waals surface area contributed by atoms with E-state index < -0.39 is 28.8 Å². The molecule has 0 radical (unpaired) electrons. The number of para-hydroxylation sites is 2. The summed E-state index contributed by atoms with van der Waals surface area (Å²) in [7, 11) is 0. The Bertz CT molecular complexity index is 1560. The highest BCUT2D eigenvalue weighted by Crippen LogP contribution is 2.59. The molecule has 0 aromatic heterocycles. The summed E-state index contributed by atoms with van der Waals surface area (Å²) in [5, 5.41) is 3.10. The smallest absolute Gasteiger partial charge is 0.238 e. The van der Waals surface area contributed by atoms with E-state index >= 15 is 0 Å². The Labute approximate surface area is 236 Å². The highest BCUT2D eigenvalue weighted by molar-refractivity contribution is 6.17. The lowest BCUT2D eigenvalue weighted by molar-refractivity contribution is -0.128. The molecule has 1 fully saturated rings. The van der Waals surface area contributed by atoms with Crippen LogP contribution in [-0.4, -0.2) is 29.6 Å². The molecule has 1 N–H and O–H groups in total. The zero-order chi connectivity index (χ0) is 28.4. The van der Waals surface area contributed by atoms with Crippen LogP contribution in [0.25, 0.3) is 5.57 Å². The largest absolute Gasteiger partial charge is 0.352 e. The highest BCUT2D eigenvalue weighted by atomic mass is 16.2. The summed E-state index contributed by atoms with van der Waals surface area (Å²) < 4.78 is 0. The predicted molar refractivity (Wildman–Crippen MR) is 160 cm³/mol. The number of amides is 1. The summed E-state index contributed by atoms with van der Waals surface area (Å²) in [4.78, 5) is 45.8. The van der Waals surface area contributed by atoms with Crippen LogP contribution >= 0.6 is 0 Å². The third-order valence-corrected chi connectivity index (χ3v) is 8.95. The van der Waals surface area contributed by atoms with Gasteiger partial charge in [0.05, 0.1) is 12.0 Å². The van der Waals surface area contributed by atoms with E-state index in [1.54, 1.807) is 0 Å². The molecule has 5 heteroatoms. The van der Waals surface area contributed by atoms with Gasteiger partial charge in [0, 0.05) is 27.9 Å². The van der Waals surface area contributed by atoms with Crippen LogP contribution in [-0.2, 0) is 21.4 Å². The summed E-state index contributed by atoms with van der Waals surface area (Å²) in [5.74, 6) is -1.36. The third-order valence-electron chi connectivity index (χ3n) is 8.95. The van der Waals surface area contributed by atoms with Gasteiger partial charge in [-0.3, -0.25) is 14.4 Å². The van der Waals surface area contributed by atoms with Crippen molar-refractivity contribution in [1.29, 1.82) is 0 Å². The average Bonchev–Trinajstić information content (AvgIpc) is 3.40. The quantitative estimate of drug-likeness (QED) is 0.375. The maximum Gasteiger partial charge on any atom is 0.238 e. The second-order valence-electron chi connectivity index (χ2n) is 12.4. The Morgan fingerprint density at radius 1 is 0.950 bits per heavy atom. The average molecular weight is 533 g/mol. The Hall–Kier alpha value is -3.99. The minimum absolute atomic E-state index is 0.0461. The zero-order valence-electron chi connectivity index (χ0n) is 23.8. The molecule has 3 aromatic rings. The van der Waals surface area contributed by atoms with Crippen molar-refractivity contribution in [1.82, 2.24) is 0 Å². The number of carbonyl (C=O) groups excluding carboxylic acids is 3. The van der Waals surface area contributed by atoms with E-state index in [4.69, 9.17) is 0 Å². The molecule has 5 nitrogen and oxygen atoms in total. The van der Waals surface area contributed by atoms with Crippen LogP contribution in [0.15, 0.2) is 78.9 Å². The number of anilines is 2. The second-order valence-corrected chi connectivity index (χ2v) is 12.4. The number of allylic oxidation sites excluding steroid dienone is 1. The molecule has 0 saturated carbocycles. The van der Waals surface area contributed by atoms with E-state index in [1.807, 2.05) is 100 Å². The van der Waals surface area contributed by atoms with Gasteiger partial charge in [0.15, 0.2) is 11.6 Å². The van der Waals surface area contributed by atoms with Crippen LogP contribution in [0.1, 0.15) is 68.1 Å². The fourth-order valence-electron chi connectivity index (χ4n) is 7.13. The number of rotatable bonds is 5. The van der Waals surface area contributed by atoms with Crippen molar-refractivity contribution < 1.29 is 14.4 Å². The number of carbonyl (C=O) groups is 3. The van der Waals surface area contributed by atoms with Crippen molar-refractivity contribution in [2.45, 2.75) is 65.0 Å². The SMILES string of the molecule is CCCc1ccc(C(=O)[C@@H]2[C@@H](C(=O)C(C)(C)C)N3c4ccccc4C(C)=C[C@@H]3[C@]23C(=O)Nc2ccccc23)cc1. The van der Waals surface area contributed by atoms with Crippen molar-refractivity contribution in [2.75, 3.05) is 10.2 Å². The molecule has 1 amide bonds. The number of aryl methyl sites for hydroxylation is 1. The Morgan fingerprint density at radius 2 is 1.62 bits per heavy atom. The summed E-state index contributed by atoms with van der Waals surface area (Å²) in [6.07, 6.45) is 4.05. The minimum atomic E-state index is -1.27. The van der Waals surface area contributed by atoms with E-state index in [0.717, 1.165) is 40.8 Å². The normalized spacial score (nSPS) is 24.7. The molecule has 40 heavy (non-hydrogen) atoms. The van der Waals surface area contributed by atoms with Gasteiger partial charge in [-0.1, -0.05) is 101 Å². The first-order chi connectivity index (χ1) is 19.1. The van der Waals surface area contributed by atoms with Crippen molar-refractivity contribution in [2.24, 2.45) is 11.3 Å². The number of ketones is 2. The van der Waals surface area contributed by atoms with Gasteiger partial charge >= 0.3 is 0 Å². The number of nitrogens with zero attached hydrogens (tertiary/aromatic N) is 1. The van der Waals surface area contributed by atoms with Gasteiger partial charge in [-0.25, -0.2) is 0 Å². The predicted octanol–water partition coefficient (Wildman–Crippen LogP) is 6.62. The number of hydrogen-bond acceptors (Lipinski definition) is 4. The summed E-state index contributed by atoms with van der Waals surface area (Å²) >= 11 is 0. The first-order valence-corrected chi connectivity index (χ1v) is 14.2. The van der Waals surface area contributed by atoms with Crippen LogP contribution in [0.5, 0.6) is 0 Å². The van der Waals surface area contributed by atoms with E-state index in [-0.39, 0.29) is 17.5 Å². The van der Waals surface area contributed by atoms with Crippen LogP contribution in [0.3, 0.4) is 0 Å². The molecule has 3 aromatic carbocycles. The fourth-order valence-corrected chi connectivity index (χ4v) is 7.13. The van der Waals surface area contributed by atoms with E-state index in [9.17, 15) is 14.4 Å². The summed E-state index contributed by atoms with van der Waals surface area (Å²) in [6, 6.07) is 22.0. The third kappa shape index (κ3) is 3.63. The van der Waals surface area contributed by atoms with Crippen LogP contribution in [0.2, 0.25) is 0 Å². The molecule has 3 aliphatic heterocycles. The number of fused-ring (bicyclic) bond motifs is 6. The van der Waals surface area contributed by atoms with Crippen molar-refractivity contribution in [3.8, 4) is 0 Å². The van der Waals surface area contributed by atoms with E-state index in [1.165, 1.54) is 0 Å².